The molecule has 1 aromatic carbocycles. The Labute approximate surface area is 155 Å². The van der Waals surface area contributed by atoms with Crippen LogP contribution >= 0.6 is 0 Å². The van der Waals surface area contributed by atoms with Gasteiger partial charge in [0.2, 0.25) is 5.91 Å². The second kappa shape index (κ2) is 9.03. The van der Waals surface area contributed by atoms with E-state index in [1.165, 1.54) is 12.8 Å². The van der Waals surface area contributed by atoms with Gasteiger partial charge in [0.15, 0.2) is 6.61 Å². The Hall–Kier alpha value is -2.08. The molecule has 1 saturated heterocycles. The van der Waals surface area contributed by atoms with Crippen LogP contribution in [-0.4, -0.2) is 49.5 Å². The second-order valence-corrected chi connectivity index (χ2v) is 7.45. The molecule has 2 aliphatic rings. The van der Waals surface area contributed by atoms with Crippen LogP contribution in [0.15, 0.2) is 24.3 Å². The zero-order valence-corrected chi connectivity index (χ0v) is 15.5. The Bertz CT molecular complexity index is 622. The van der Waals surface area contributed by atoms with Crippen molar-refractivity contribution < 1.29 is 14.3 Å². The molecule has 0 bridgehead atoms. The van der Waals surface area contributed by atoms with Gasteiger partial charge in [0.25, 0.3) is 5.91 Å². The molecule has 6 nitrogen and oxygen atoms in total. The molecule has 1 aliphatic heterocycles. The summed E-state index contributed by atoms with van der Waals surface area (Å²) in [5.41, 5.74) is 0.708. The van der Waals surface area contributed by atoms with Crippen molar-refractivity contribution in [3.05, 3.63) is 24.3 Å². The third kappa shape index (κ3) is 6.02. The molecule has 3 rings (SSSR count). The van der Waals surface area contributed by atoms with Crippen LogP contribution < -0.4 is 15.4 Å². The van der Waals surface area contributed by atoms with Crippen molar-refractivity contribution >= 4 is 17.5 Å². The number of anilines is 1. The van der Waals surface area contributed by atoms with Crippen molar-refractivity contribution in [1.82, 2.24) is 10.2 Å². The number of amides is 2. The topological polar surface area (TPSA) is 70.7 Å². The van der Waals surface area contributed by atoms with Gasteiger partial charge in [0.05, 0.1) is 0 Å². The number of piperidine rings is 1. The highest BCUT2D eigenvalue weighted by atomic mass is 16.5. The van der Waals surface area contributed by atoms with Crippen molar-refractivity contribution in [3.8, 4) is 5.75 Å². The van der Waals surface area contributed by atoms with E-state index in [1.807, 2.05) is 12.1 Å². The Morgan fingerprint density at radius 3 is 2.69 bits per heavy atom. The lowest BCUT2D eigenvalue weighted by molar-refractivity contribution is -0.123. The van der Waals surface area contributed by atoms with Gasteiger partial charge in [0.1, 0.15) is 5.75 Å². The highest BCUT2D eigenvalue weighted by Gasteiger charge is 2.29. The van der Waals surface area contributed by atoms with E-state index in [9.17, 15) is 9.59 Å². The first-order valence-electron chi connectivity index (χ1n) is 9.63. The Kier molecular flexibility index (Phi) is 6.50. The summed E-state index contributed by atoms with van der Waals surface area (Å²) in [7, 11) is 0. The Morgan fingerprint density at radius 1 is 1.19 bits per heavy atom. The number of rotatable bonds is 8. The van der Waals surface area contributed by atoms with Gasteiger partial charge in [-0.05, 0) is 56.8 Å². The first-order valence-corrected chi connectivity index (χ1v) is 9.63. The van der Waals surface area contributed by atoms with E-state index >= 15 is 0 Å². The average molecular weight is 359 g/mol. The van der Waals surface area contributed by atoms with Crippen molar-refractivity contribution in [1.29, 1.82) is 0 Å². The highest BCUT2D eigenvalue weighted by Crippen LogP contribution is 2.30. The van der Waals surface area contributed by atoms with E-state index in [0.29, 0.717) is 18.0 Å². The number of hydrogen-bond acceptors (Lipinski definition) is 4. The lowest BCUT2D eigenvalue weighted by atomic mass is 9.99. The minimum Gasteiger partial charge on any atom is -0.484 e. The molecule has 2 fully saturated rings. The van der Waals surface area contributed by atoms with Gasteiger partial charge in [-0.3, -0.25) is 9.59 Å². The molecule has 1 aromatic rings. The smallest absolute Gasteiger partial charge is 0.257 e. The SMILES string of the molecule is CC1CCN(CCNC(=O)COc2cccc(NC(=O)C3CC3)c2)CC1. The predicted molar refractivity (Wildman–Crippen MR) is 101 cm³/mol. The van der Waals surface area contributed by atoms with Gasteiger partial charge in [-0.25, -0.2) is 0 Å². The molecule has 0 unspecified atom stereocenters. The molecule has 1 saturated carbocycles. The predicted octanol–water partition coefficient (Wildman–Crippen LogP) is 2.26. The number of likely N-dealkylation sites (tertiary alicyclic amines) is 1. The van der Waals surface area contributed by atoms with Gasteiger partial charge in [-0.15, -0.1) is 0 Å². The summed E-state index contributed by atoms with van der Waals surface area (Å²) in [5, 5.41) is 5.79. The molecular formula is C20H29N3O3. The fourth-order valence-electron chi connectivity index (χ4n) is 3.09. The maximum atomic E-state index is 11.9. The van der Waals surface area contributed by atoms with Crippen LogP contribution in [0, 0.1) is 11.8 Å². The summed E-state index contributed by atoms with van der Waals surface area (Å²) in [6.45, 7) is 6.05. The van der Waals surface area contributed by atoms with Crippen molar-refractivity contribution in [3.63, 3.8) is 0 Å². The number of carbonyl (C=O) groups is 2. The molecular weight excluding hydrogens is 330 g/mol. The van der Waals surface area contributed by atoms with E-state index < -0.39 is 0 Å². The summed E-state index contributed by atoms with van der Waals surface area (Å²) in [5.74, 6) is 1.50. The monoisotopic (exact) mass is 359 g/mol. The summed E-state index contributed by atoms with van der Waals surface area (Å²) in [6, 6.07) is 7.18. The zero-order valence-electron chi connectivity index (χ0n) is 15.5. The van der Waals surface area contributed by atoms with E-state index in [0.717, 1.165) is 38.4 Å². The third-order valence-electron chi connectivity index (χ3n) is 5.05. The number of ether oxygens (including phenoxy) is 1. The normalized spacial score (nSPS) is 18.3. The number of nitrogens with zero attached hydrogens (tertiary/aromatic N) is 1. The van der Waals surface area contributed by atoms with Gasteiger partial charge < -0.3 is 20.3 Å². The van der Waals surface area contributed by atoms with E-state index in [-0.39, 0.29) is 24.3 Å². The molecule has 26 heavy (non-hydrogen) atoms. The molecule has 1 heterocycles. The van der Waals surface area contributed by atoms with Crippen LogP contribution in [-0.2, 0) is 9.59 Å². The second-order valence-electron chi connectivity index (χ2n) is 7.45. The number of nitrogens with one attached hydrogen (secondary N) is 2. The minimum atomic E-state index is -0.122. The molecule has 1 aliphatic carbocycles. The molecule has 0 radical (unpaired) electrons. The Morgan fingerprint density at radius 2 is 1.96 bits per heavy atom. The standard InChI is InChI=1S/C20H29N3O3/c1-15-7-10-23(11-8-15)12-9-21-19(24)14-26-18-4-2-3-17(13-18)22-20(25)16-5-6-16/h2-4,13,15-16H,5-12,14H2,1H3,(H,21,24)(H,22,25). The lowest BCUT2D eigenvalue weighted by Gasteiger charge is -2.30. The fraction of sp³-hybridized carbons (Fsp3) is 0.600. The highest BCUT2D eigenvalue weighted by molar-refractivity contribution is 5.94. The van der Waals surface area contributed by atoms with Crippen molar-refractivity contribution in [2.24, 2.45) is 11.8 Å². The van der Waals surface area contributed by atoms with Crippen LogP contribution in [0.4, 0.5) is 5.69 Å². The van der Waals surface area contributed by atoms with Crippen molar-refractivity contribution in [2.45, 2.75) is 32.6 Å². The molecule has 2 amide bonds. The number of benzene rings is 1. The minimum absolute atomic E-state index is 0.0168. The number of hydrogen-bond donors (Lipinski definition) is 2. The summed E-state index contributed by atoms with van der Waals surface area (Å²) in [6.07, 6.45) is 4.42. The summed E-state index contributed by atoms with van der Waals surface area (Å²) < 4.78 is 5.55. The third-order valence-corrected chi connectivity index (χ3v) is 5.05. The molecule has 6 heteroatoms. The molecule has 2 N–H and O–H groups in total. The summed E-state index contributed by atoms with van der Waals surface area (Å²) in [4.78, 5) is 26.1. The average Bonchev–Trinajstić information content (AvgIpc) is 3.47. The zero-order chi connectivity index (χ0) is 18.4. The van der Waals surface area contributed by atoms with E-state index in [2.05, 4.69) is 22.5 Å². The molecule has 142 valence electrons. The molecule has 0 spiro atoms. The largest absolute Gasteiger partial charge is 0.484 e. The van der Waals surface area contributed by atoms with E-state index in [1.54, 1.807) is 12.1 Å². The van der Waals surface area contributed by atoms with Crippen LogP contribution in [0.1, 0.15) is 32.6 Å². The molecule has 0 aromatic heterocycles. The maximum absolute atomic E-state index is 11.9. The number of carbonyl (C=O) groups excluding carboxylic acids is 2. The first-order chi connectivity index (χ1) is 12.6. The quantitative estimate of drug-likeness (QED) is 0.747. The maximum Gasteiger partial charge on any atom is 0.257 e. The Balaban J connectivity index is 1.34. The van der Waals surface area contributed by atoms with Gasteiger partial charge in [-0.2, -0.15) is 0 Å². The van der Waals surface area contributed by atoms with Crippen LogP contribution in [0.3, 0.4) is 0 Å². The molecule has 0 atom stereocenters. The summed E-state index contributed by atoms with van der Waals surface area (Å²) >= 11 is 0. The van der Waals surface area contributed by atoms with Crippen LogP contribution in [0.5, 0.6) is 5.75 Å². The fourth-order valence-corrected chi connectivity index (χ4v) is 3.09. The van der Waals surface area contributed by atoms with Crippen molar-refractivity contribution in [2.75, 3.05) is 38.1 Å². The van der Waals surface area contributed by atoms with Gasteiger partial charge in [-0.1, -0.05) is 13.0 Å². The van der Waals surface area contributed by atoms with Crippen LogP contribution in [0.2, 0.25) is 0 Å². The van der Waals surface area contributed by atoms with E-state index in [4.69, 9.17) is 4.74 Å². The lowest BCUT2D eigenvalue weighted by Crippen LogP contribution is -2.40. The van der Waals surface area contributed by atoms with Gasteiger partial charge >= 0.3 is 0 Å². The van der Waals surface area contributed by atoms with Crippen LogP contribution in [0.25, 0.3) is 0 Å². The van der Waals surface area contributed by atoms with Gasteiger partial charge in [0, 0.05) is 30.8 Å². The first kappa shape index (κ1) is 18.7.